The highest BCUT2D eigenvalue weighted by Gasteiger charge is 2.18. The van der Waals surface area contributed by atoms with Crippen LogP contribution in [0.3, 0.4) is 0 Å². The molecule has 0 aromatic heterocycles. The smallest absolute Gasteiger partial charge is 0.240 e. The van der Waals surface area contributed by atoms with E-state index in [2.05, 4.69) is 15.4 Å². The number of amides is 1. The summed E-state index contributed by atoms with van der Waals surface area (Å²) in [5.74, 6) is 0.367. The van der Waals surface area contributed by atoms with E-state index in [-0.39, 0.29) is 36.2 Å². The van der Waals surface area contributed by atoms with Crippen LogP contribution in [0.1, 0.15) is 17.5 Å². The van der Waals surface area contributed by atoms with Gasteiger partial charge in [-0.1, -0.05) is 6.07 Å². The van der Waals surface area contributed by atoms with Gasteiger partial charge in [0.25, 0.3) is 0 Å². The molecule has 3 N–H and O–H groups in total. The second-order valence-electron chi connectivity index (χ2n) is 5.72. The van der Waals surface area contributed by atoms with Crippen molar-refractivity contribution in [3.63, 3.8) is 0 Å². The van der Waals surface area contributed by atoms with Crippen molar-refractivity contribution in [1.82, 2.24) is 15.4 Å². The molecule has 130 valence electrons. The molecule has 1 aromatic rings. The molecule has 8 heteroatoms. The Morgan fingerprint density at radius 2 is 1.96 bits per heavy atom. The van der Waals surface area contributed by atoms with E-state index in [1.54, 1.807) is 18.2 Å². The van der Waals surface area contributed by atoms with Crippen molar-refractivity contribution >= 4 is 28.3 Å². The molecule has 23 heavy (non-hydrogen) atoms. The Morgan fingerprint density at radius 1 is 1.26 bits per heavy atom. The third-order valence-corrected chi connectivity index (χ3v) is 5.35. The van der Waals surface area contributed by atoms with Gasteiger partial charge < -0.3 is 10.6 Å². The third kappa shape index (κ3) is 5.76. The SMILES string of the molecule is Cc1ccc(S(=O)(=O)NCCC(=O)NCC2CNC2)cc1C.Cl. The van der Waals surface area contributed by atoms with E-state index in [0.29, 0.717) is 12.5 Å². The van der Waals surface area contributed by atoms with Crippen LogP contribution in [0.4, 0.5) is 0 Å². The average molecular weight is 362 g/mol. The zero-order valence-electron chi connectivity index (χ0n) is 13.4. The number of sulfonamides is 1. The van der Waals surface area contributed by atoms with Gasteiger partial charge >= 0.3 is 0 Å². The van der Waals surface area contributed by atoms with Crippen molar-refractivity contribution in [1.29, 1.82) is 0 Å². The van der Waals surface area contributed by atoms with Crippen LogP contribution in [0.2, 0.25) is 0 Å². The summed E-state index contributed by atoms with van der Waals surface area (Å²) >= 11 is 0. The Balaban J connectivity index is 0.00000264. The normalized spacial score (nSPS) is 14.7. The molecule has 1 aliphatic heterocycles. The minimum Gasteiger partial charge on any atom is -0.356 e. The first-order chi connectivity index (χ1) is 10.4. The van der Waals surface area contributed by atoms with E-state index in [1.165, 1.54) is 0 Å². The lowest BCUT2D eigenvalue weighted by molar-refractivity contribution is -0.121. The van der Waals surface area contributed by atoms with Crippen LogP contribution in [-0.2, 0) is 14.8 Å². The zero-order chi connectivity index (χ0) is 16.2. The fourth-order valence-electron chi connectivity index (χ4n) is 2.10. The Hall–Kier alpha value is -1.15. The molecule has 0 radical (unpaired) electrons. The largest absolute Gasteiger partial charge is 0.356 e. The van der Waals surface area contributed by atoms with Crippen molar-refractivity contribution in [3.8, 4) is 0 Å². The molecule has 0 aliphatic carbocycles. The molecule has 1 amide bonds. The lowest BCUT2D eigenvalue weighted by atomic mass is 10.0. The van der Waals surface area contributed by atoms with Gasteiger partial charge in [-0.3, -0.25) is 4.79 Å². The number of hydrogen-bond acceptors (Lipinski definition) is 4. The van der Waals surface area contributed by atoms with E-state index in [4.69, 9.17) is 0 Å². The summed E-state index contributed by atoms with van der Waals surface area (Å²) in [6.45, 7) is 6.41. The van der Waals surface area contributed by atoms with E-state index in [9.17, 15) is 13.2 Å². The van der Waals surface area contributed by atoms with Crippen LogP contribution in [0.5, 0.6) is 0 Å². The first-order valence-corrected chi connectivity index (χ1v) is 8.91. The number of benzene rings is 1. The maximum Gasteiger partial charge on any atom is 0.240 e. The van der Waals surface area contributed by atoms with Gasteiger partial charge in [0.05, 0.1) is 4.90 Å². The molecule has 0 saturated carbocycles. The van der Waals surface area contributed by atoms with Crippen LogP contribution in [0.25, 0.3) is 0 Å². The lowest BCUT2D eigenvalue weighted by Gasteiger charge is -2.27. The first kappa shape index (κ1) is 19.9. The predicted molar refractivity (Wildman–Crippen MR) is 92.3 cm³/mol. The Kier molecular flexibility index (Phi) is 7.47. The first-order valence-electron chi connectivity index (χ1n) is 7.43. The number of halogens is 1. The number of aryl methyl sites for hydroxylation is 2. The quantitative estimate of drug-likeness (QED) is 0.668. The molecular weight excluding hydrogens is 338 g/mol. The van der Waals surface area contributed by atoms with Gasteiger partial charge in [0.2, 0.25) is 15.9 Å². The van der Waals surface area contributed by atoms with Gasteiger partial charge in [0.15, 0.2) is 0 Å². The molecule has 0 atom stereocenters. The Bertz CT molecular complexity index is 645. The van der Waals surface area contributed by atoms with E-state index in [0.717, 1.165) is 24.2 Å². The molecule has 6 nitrogen and oxygen atoms in total. The second kappa shape index (κ2) is 8.63. The molecule has 2 rings (SSSR count). The molecule has 0 unspecified atom stereocenters. The van der Waals surface area contributed by atoms with E-state index < -0.39 is 10.0 Å². The number of rotatable bonds is 7. The van der Waals surface area contributed by atoms with Crippen LogP contribution in [0.15, 0.2) is 23.1 Å². The van der Waals surface area contributed by atoms with Gasteiger partial charge in [-0.15, -0.1) is 12.4 Å². The lowest BCUT2D eigenvalue weighted by Crippen LogP contribution is -2.48. The standard InChI is InChI=1S/C15H23N3O3S.ClH/c1-11-3-4-14(7-12(11)2)22(20,21)18-6-5-15(19)17-10-13-8-16-9-13;/h3-4,7,13,16,18H,5-6,8-10H2,1-2H3,(H,17,19);1H. The zero-order valence-corrected chi connectivity index (χ0v) is 15.0. The summed E-state index contributed by atoms with van der Waals surface area (Å²) in [6, 6.07) is 5.00. The molecular formula is C15H24ClN3O3S. The van der Waals surface area contributed by atoms with Crippen LogP contribution in [-0.4, -0.2) is 40.5 Å². The minimum absolute atomic E-state index is 0. The van der Waals surface area contributed by atoms with E-state index in [1.807, 2.05) is 13.8 Å². The summed E-state index contributed by atoms with van der Waals surface area (Å²) in [5.41, 5.74) is 1.97. The van der Waals surface area contributed by atoms with Crippen molar-refractivity contribution in [2.24, 2.45) is 5.92 Å². The molecule has 1 fully saturated rings. The summed E-state index contributed by atoms with van der Waals surface area (Å²) in [6.07, 6.45) is 0.143. The maximum absolute atomic E-state index is 12.1. The van der Waals surface area contributed by atoms with Crippen molar-refractivity contribution in [2.45, 2.75) is 25.2 Å². The van der Waals surface area contributed by atoms with E-state index >= 15 is 0 Å². The third-order valence-electron chi connectivity index (χ3n) is 3.89. The summed E-state index contributed by atoms with van der Waals surface area (Å²) in [7, 11) is -3.56. The summed E-state index contributed by atoms with van der Waals surface area (Å²) in [5, 5.41) is 5.95. The van der Waals surface area contributed by atoms with Crippen molar-refractivity contribution in [3.05, 3.63) is 29.3 Å². The Labute approximate surface area is 143 Å². The second-order valence-corrected chi connectivity index (χ2v) is 7.49. The van der Waals surface area contributed by atoms with Gasteiger partial charge in [0.1, 0.15) is 0 Å². The fraction of sp³-hybridized carbons (Fsp3) is 0.533. The average Bonchev–Trinajstić information content (AvgIpc) is 2.39. The highest BCUT2D eigenvalue weighted by atomic mass is 35.5. The number of nitrogens with one attached hydrogen (secondary N) is 3. The maximum atomic E-state index is 12.1. The molecule has 0 bridgehead atoms. The highest BCUT2D eigenvalue weighted by molar-refractivity contribution is 7.89. The molecule has 1 saturated heterocycles. The number of carbonyl (C=O) groups is 1. The monoisotopic (exact) mass is 361 g/mol. The van der Waals surface area contributed by atoms with Gasteiger partial charge in [0, 0.05) is 38.5 Å². The van der Waals surface area contributed by atoms with Crippen molar-refractivity contribution in [2.75, 3.05) is 26.2 Å². The van der Waals surface area contributed by atoms with Gasteiger partial charge in [-0.2, -0.15) is 0 Å². The summed E-state index contributed by atoms with van der Waals surface area (Å²) in [4.78, 5) is 11.9. The minimum atomic E-state index is -3.56. The van der Waals surface area contributed by atoms with Crippen LogP contribution >= 0.6 is 12.4 Å². The van der Waals surface area contributed by atoms with Crippen LogP contribution in [0, 0.1) is 19.8 Å². The van der Waals surface area contributed by atoms with Gasteiger partial charge in [-0.25, -0.2) is 13.1 Å². The van der Waals surface area contributed by atoms with Crippen molar-refractivity contribution < 1.29 is 13.2 Å². The molecule has 1 heterocycles. The number of hydrogen-bond donors (Lipinski definition) is 3. The van der Waals surface area contributed by atoms with Gasteiger partial charge in [-0.05, 0) is 37.1 Å². The predicted octanol–water partition coefficient (Wildman–Crippen LogP) is 0.729. The fourth-order valence-corrected chi connectivity index (χ4v) is 3.22. The topological polar surface area (TPSA) is 87.3 Å². The Morgan fingerprint density at radius 3 is 2.52 bits per heavy atom. The molecule has 0 spiro atoms. The number of carbonyl (C=O) groups excluding carboxylic acids is 1. The highest BCUT2D eigenvalue weighted by Crippen LogP contribution is 2.14. The molecule has 1 aromatic carbocycles. The summed E-state index contributed by atoms with van der Waals surface area (Å²) < 4.78 is 26.8. The molecule has 1 aliphatic rings. The van der Waals surface area contributed by atoms with Crippen LogP contribution < -0.4 is 15.4 Å².